The van der Waals surface area contributed by atoms with Crippen LogP contribution >= 0.6 is 15.9 Å². The molecule has 0 heterocycles. The molecule has 0 atom stereocenters. The van der Waals surface area contributed by atoms with E-state index >= 15 is 0 Å². The quantitative estimate of drug-likeness (QED) is 0.799. The number of ether oxygens (including phenoxy) is 1. The number of hydrogen-bond acceptors (Lipinski definition) is 2. The zero-order valence-corrected chi connectivity index (χ0v) is 11.0. The normalized spacial score (nSPS) is 10.1. The second-order valence-electron chi connectivity index (χ2n) is 3.67. The highest BCUT2D eigenvalue weighted by Gasteiger charge is 2.12. The molecule has 0 aliphatic carbocycles. The number of rotatable bonds is 4. The van der Waals surface area contributed by atoms with E-state index in [0.717, 1.165) is 5.56 Å². The number of hydrogen-bond donors (Lipinski definition) is 0. The molecule has 0 aliphatic heterocycles. The Morgan fingerprint density at radius 1 is 1.17 bits per heavy atom. The van der Waals surface area contributed by atoms with Crippen LogP contribution in [0.5, 0.6) is 5.75 Å². The van der Waals surface area contributed by atoms with Gasteiger partial charge in [0.05, 0.1) is 5.56 Å². The highest BCUT2D eigenvalue weighted by molar-refractivity contribution is 9.10. The minimum Gasteiger partial charge on any atom is -0.486 e. The number of halogens is 2. The molecule has 0 aliphatic rings. The van der Waals surface area contributed by atoms with Crippen LogP contribution in [0.25, 0.3) is 0 Å². The first-order valence-corrected chi connectivity index (χ1v) is 6.11. The zero-order chi connectivity index (χ0) is 13.0. The summed E-state index contributed by atoms with van der Waals surface area (Å²) in [5.74, 6) is -0.570. The van der Waals surface area contributed by atoms with Crippen LogP contribution in [0.4, 0.5) is 4.39 Å². The van der Waals surface area contributed by atoms with E-state index in [1.807, 2.05) is 30.3 Å². The van der Waals surface area contributed by atoms with Gasteiger partial charge in [-0.2, -0.15) is 0 Å². The summed E-state index contributed by atoms with van der Waals surface area (Å²) in [5.41, 5.74) is 0.910. The molecule has 2 aromatic rings. The van der Waals surface area contributed by atoms with E-state index in [1.165, 1.54) is 6.07 Å². The maximum absolute atomic E-state index is 13.9. The number of aldehydes is 1. The van der Waals surface area contributed by atoms with Crippen LogP contribution in [0, 0.1) is 5.82 Å². The molecule has 0 aromatic heterocycles. The van der Waals surface area contributed by atoms with E-state index < -0.39 is 5.82 Å². The summed E-state index contributed by atoms with van der Waals surface area (Å²) in [5, 5.41) is 0. The van der Waals surface area contributed by atoms with Crippen LogP contribution in [0.15, 0.2) is 46.9 Å². The fourth-order valence-electron chi connectivity index (χ4n) is 1.50. The lowest BCUT2D eigenvalue weighted by molar-refractivity contribution is 0.111. The van der Waals surface area contributed by atoms with Crippen molar-refractivity contribution < 1.29 is 13.9 Å². The first kappa shape index (κ1) is 12.8. The SMILES string of the molecule is O=Cc1c(Br)ccc(OCc2ccccc2)c1F. The van der Waals surface area contributed by atoms with Gasteiger partial charge in [0, 0.05) is 4.47 Å². The van der Waals surface area contributed by atoms with Crippen molar-refractivity contribution in [3.63, 3.8) is 0 Å². The summed E-state index contributed by atoms with van der Waals surface area (Å²) in [4.78, 5) is 10.7. The lowest BCUT2D eigenvalue weighted by Crippen LogP contribution is -2.00. The van der Waals surface area contributed by atoms with Gasteiger partial charge >= 0.3 is 0 Å². The Hall–Kier alpha value is -1.68. The molecular weight excluding hydrogens is 299 g/mol. The maximum Gasteiger partial charge on any atom is 0.176 e. The summed E-state index contributed by atoms with van der Waals surface area (Å²) in [6.07, 6.45) is 0.467. The highest BCUT2D eigenvalue weighted by atomic mass is 79.9. The largest absolute Gasteiger partial charge is 0.486 e. The van der Waals surface area contributed by atoms with Crippen molar-refractivity contribution in [1.82, 2.24) is 0 Å². The van der Waals surface area contributed by atoms with Crippen LogP contribution in [-0.2, 0) is 6.61 Å². The van der Waals surface area contributed by atoms with Gasteiger partial charge in [0.1, 0.15) is 6.61 Å². The number of benzene rings is 2. The molecule has 4 heteroatoms. The molecule has 2 nitrogen and oxygen atoms in total. The molecule has 0 saturated heterocycles. The molecule has 0 saturated carbocycles. The Morgan fingerprint density at radius 2 is 1.89 bits per heavy atom. The molecular formula is C14H10BrFO2. The maximum atomic E-state index is 13.9. The van der Waals surface area contributed by atoms with Crippen molar-refractivity contribution in [3.05, 3.63) is 63.9 Å². The molecule has 2 rings (SSSR count). The molecule has 0 unspecified atom stereocenters. The summed E-state index contributed by atoms with van der Waals surface area (Å²) >= 11 is 3.11. The fraction of sp³-hybridized carbons (Fsp3) is 0.0714. The number of carbonyl (C=O) groups is 1. The average Bonchev–Trinajstić information content (AvgIpc) is 2.40. The molecule has 0 fully saturated rings. The van der Waals surface area contributed by atoms with Gasteiger partial charge < -0.3 is 4.74 Å². The van der Waals surface area contributed by atoms with E-state index in [-0.39, 0.29) is 17.9 Å². The molecule has 0 amide bonds. The Morgan fingerprint density at radius 3 is 2.56 bits per heavy atom. The molecule has 0 radical (unpaired) electrons. The van der Waals surface area contributed by atoms with Crippen molar-refractivity contribution in [2.75, 3.05) is 0 Å². The van der Waals surface area contributed by atoms with Gasteiger partial charge in [-0.1, -0.05) is 30.3 Å². The van der Waals surface area contributed by atoms with Crippen LogP contribution in [-0.4, -0.2) is 6.29 Å². The average molecular weight is 309 g/mol. The lowest BCUT2D eigenvalue weighted by atomic mass is 10.2. The third-order valence-electron chi connectivity index (χ3n) is 2.45. The molecule has 2 aromatic carbocycles. The van der Waals surface area contributed by atoms with Crippen molar-refractivity contribution >= 4 is 22.2 Å². The predicted molar refractivity (Wildman–Crippen MR) is 70.3 cm³/mol. The van der Waals surface area contributed by atoms with Crippen LogP contribution in [0.2, 0.25) is 0 Å². The minimum absolute atomic E-state index is 0.0273. The Labute approximate surface area is 113 Å². The van der Waals surface area contributed by atoms with Crippen molar-refractivity contribution in [2.24, 2.45) is 0 Å². The van der Waals surface area contributed by atoms with Crippen molar-refractivity contribution in [3.8, 4) is 5.75 Å². The summed E-state index contributed by atoms with van der Waals surface area (Å²) in [6, 6.07) is 12.5. The van der Waals surface area contributed by atoms with Gasteiger partial charge in [0.2, 0.25) is 0 Å². The zero-order valence-electron chi connectivity index (χ0n) is 9.40. The molecule has 92 valence electrons. The third-order valence-corrected chi connectivity index (χ3v) is 3.14. The van der Waals surface area contributed by atoms with Gasteiger partial charge in [-0.3, -0.25) is 4.79 Å². The monoisotopic (exact) mass is 308 g/mol. The standard InChI is InChI=1S/C14H10BrFO2/c15-12-6-7-13(14(16)11(12)8-17)18-9-10-4-2-1-3-5-10/h1-8H,9H2. The van der Waals surface area contributed by atoms with Gasteiger partial charge in [0.25, 0.3) is 0 Å². The van der Waals surface area contributed by atoms with Crippen LogP contribution in [0.1, 0.15) is 15.9 Å². The lowest BCUT2D eigenvalue weighted by Gasteiger charge is -2.09. The van der Waals surface area contributed by atoms with Gasteiger partial charge in [-0.15, -0.1) is 0 Å². The molecule has 0 bridgehead atoms. The third kappa shape index (κ3) is 2.76. The molecule has 0 N–H and O–H groups in total. The smallest absolute Gasteiger partial charge is 0.176 e. The van der Waals surface area contributed by atoms with E-state index in [9.17, 15) is 9.18 Å². The molecule has 0 spiro atoms. The first-order chi connectivity index (χ1) is 8.72. The second-order valence-corrected chi connectivity index (χ2v) is 4.52. The summed E-state index contributed by atoms with van der Waals surface area (Å²) in [7, 11) is 0. The number of carbonyl (C=O) groups excluding carboxylic acids is 1. The van der Waals surface area contributed by atoms with Crippen molar-refractivity contribution in [2.45, 2.75) is 6.61 Å². The van der Waals surface area contributed by atoms with Gasteiger partial charge in [-0.05, 0) is 33.6 Å². The predicted octanol–water partition coefficient (Wildman–Crippen LogP) is 3.98. The first-order valence-electron chi connectivity index (χ1n) is 5.32. The van der Waals surface area contributed by atoms with Crippen LogP contribution in [0.3, 0.4) is 0 Å². The minimum atomic E-state index is -0.643. The fourth-order valence-corrected chi connectivity index (χ4v) is 1.90. The van der Waals surface area contributed by atoms with E-state index in [2.05, 4.69) is 15.9 Å². The van der Waals surface area contributed by atoms with Gasteiger partial charge in [-0.25, -0.2) is 4.39 Å². The molecule has 18 heavy (non-hydrogen) atoms. The summed E-state index contributed by atoms with van der Waals surface area (Å²) in [6.45, 7) is 0.262. The van der Waals surface area contributed by atoms with Crippen molar-refractivity contribution in [1.29, 1.82) is 0 Å². The highest BCUT2D eigenvalue weighted by Crippen LogP contribution is 2.26. The van der Waals surface area contributed by atoms with Gasteiger partial charge in [0.15, 0.2) is 17.9 Å². The second kappa shape index (κ2) is 5.78. The Bertz CT molecular complexity index is 555. The van der Waals surface area contributed by atoms with E-state index in [1.54, 1.807) is 6.07 Å². The topological polar surface area (TPSA) is 26.3 Å². The Balaban J connectivity index is 2.18. The van der Waals surface area contributed by atoms with Crippen LogP contribution < -0.4 is 4.74 Å². The Kier molecular flexibility index (Phi) is 4.10. The van der Waals surface area contributed by atoms with E-state index in [4.69, 9.17) is 4.74 Å². The summed E-state index contributed by atoms with van der Waals surface area (Å²) < 4.78 is 19.6. The van der Waals surface area contributed by atoms with E-state index in [0.29, 0.717) is 10.8 Å².